The quantitative estimate of drug-likeness (QED) is 0.209. The molecule has 0 spiro atoms. The second-order valence-electron chi connectivity index (χ2n) is 9.10. The van der Waals surface area contributed by atoms with Crippen molar-refractivity contribution < 1.29 is 40.1 Å². The number of hydrogen-bond donors (Lipinski definition) is 6. The lowest BCUT2D eigenvalue weighted by Crippen LogP contribution is -2.18. The van der Waals surface area contributed by atoms with Crippen molar-refractivity contribution in [3.05, 3.63) is 94.5 Å². The van der Waals surface area contributed by atoms with Crippen LogP contribution < -0.4 is 0 Å². The van der Waals surface area contributed by atoms with Gasteiger partial charge in [0.25, 0.3) is 0 Å². The van der Waals surface area contributed by atoms with Crippen LogP contribution in [0.15, 0.2) is 66.7 Å². The predicted octanol–water partition coefficient (Wildman–Crippen LogP) is 5.56. The second kappa shape index (κ2) is 9.57. The number of benzene rings is 4. The Morgan fingerprint density at radius 1 is 0.605 bits per heavy atom. The average molecular weight is 515 g/mol. The smallest absolute Gasteiger partial charge is 0.127 e. The normalized spacial score (nSPS) is 16.5. The molecule has 38 heavy (non-hydrogen) atoms. The molecule has 8 heteroatoms. The van der Waals surface area contributed by atoms with Crippen molar-refractivity contribution >= 4 is 11.8 Å². The maximum atomic E-state index is 11.0. The van der Waals surface area contributed by atoms with Crippen molar-refractivity contribution in [2.24, 2.45) is 0 Å². The van der Waals surface area contributed by atoms with Crippen LogP contribution in [0.5, 0.6) is 34.5 Å². The Hall–Kier alpha value is -4.82. The molecule has 194 valence electrons. The fourth-order valence-corrected chi connectivity index (χ4v) is 5.21. The van der Waals surface area contributed by atoms with E-state index in [1.807, 2.05) is 0 Å². The minimum atomic E-state index is -0.850. The Kier molecular flexibility index (Phi) is 6.26. The fourth-order valence-electron chi connectivity index (χ4n) is 5.21. The van der Waals surface area contributed by atoms with Gasteiger partial charge in [-0.3, -0.25) is 0 Å². The van der Waals surface area contributed by atoms with E-state index in [0.29, 0.717) is 44.7 Å². The van der Waals surface area contributed by atoms with Crippen molar-refractivity contribution in [3.63, 3.8) is 0 Å². The number of aromatic hydroxyl groups is 6. The molecular weight excluding hydrogens is 488 g/mol. The maximum Gasteiger partial charge on any atom is 0.127 e. The van der Waals surface area contributed by atoms with E-state index in [1.54, 1.807) is 24.3 Å². The Labute approximate surface area is 218 Å². The lowest BCUT2D eigenvalue weighted by molar-refractivity contribution is 0.0891. The van der Waals surface area contributed by atoms with Gasteiger partial charge in [0.15, 0.2) is 0 Å². The molecule has 6 N–H and O–H groups in total. The molecule has 0 saturated carbocycles. The molecule has 4 aromatic carbocycles. The SMILES string of the molecule is COC1=Cc2ccc(O)cc2C(c2cc(O)cc(O)c2)C(OC)c2cc(O)ccc2-c2c(O)cc(O)cc21. The molecule has 0 fully saturated rings. The minimum Gasteiger partial charge on any atom is -0.508 e. The Morgan fingerprint density at radius 3 is 1.89 bits per heavy atom. The molecule has 0 heterocycles. The highest BCUT2D eigenvalue weighted by molar-refractivity contribution is 5.91. The lowest BCUT2D eigenvalue weighted by atomic mass is 9.77. The predicted molar refractivity (Wildman–Crippen MR) is 141 cm³/mol. The van der Waals surface area contributed by atoms with Crippen molar-refractivity contribution in [3.8, 4) is 45.6 Å². The van der Waals surface area contributed by atoms with Crippen molar-refractivity contribution in [2.75, 3.05) is 14.2 Å². The average Bonchev–Trinajstić information content (AvgIpc) is 2.85. The Morgan fingerprint density at radius 2 is 1.24 bits per heavy atom. The van der Waals surface area contributed by atoms with E-state index in [0.717, 1.165) is 0 Å². The van der Waals surface area contributed by atoms with Crippen LogP contribution in [0.4, 0.5) is 0 Å². The summed E-state index contributed by atoms with van der Waals surface area (Å²) >= 11 is 0. The van der Waals surface area contributed by atoms with E-state index >= 15 is 0 Å². The van der Waals surface area contributed by atoms with Gasteiger partial charge in [0.05, 0.1) is 13.2 Å². The minimum absolute atomic E-state index is 0.0239. The largest absolute Gasteiger partial charge is 0.508 e. The van der Waals surface area contributed by atoms with Gasteiger partial charge in [0.1, 0.15) is 40.3 Å². The highest BCUT2D eigenvalue weighted by atomic mass is 16.5. The van der Waals surface area contributed by atoms with E-state index in [4.69, 9.17) is 9.47 Å². The molecule has 1 aliphatic rings. The van der Waals surface area contributed by atoms with Gasteiger partial charge in [-0.15, -0.1) is 0 Å². The van der Waals surface area contributed by atoms with Gasteiger partial charge in [-0.25, -0.2) is 0 Å². The van der Waals surface area contributed by atoms with Crippen LogP contribution in [0.2, 0.25) is 0 Å². The van der Waals surface area contributed by atoms with E-state index in [9.17, 15) is 30.6 Å². The second-order valence-corrected chi connectivity index (χ2v) is 9.10. The van der Waals surface area contributed by atoms with E-state index in [2.05, 4.69) is 0 Å². The third-order valence-electron chi connectivity index (χ3n) is 6.73. The number of phenolic OH excluding ortho intramolecular Hbond substituents is 6. The fraction of sp³-hybridized carbons (Fsp3) is 0.133. The summed E-state index contributed by atoms with van der Waals surface area (Å²) in [7, 11) is 2.94. The zero-order chi connectivity index (χ0) is 27.1. The number of rotatable bonds is 3. The van der Waals surface area contributed by atoms with Crippen molar-refractivity contribution in [1.29, 1.82) is 0 Å². The first-order chi connectivity index (χ1) is 18.2. The van der Waals surface area contributed by atoms with Crippen LogP contribution in [-0.2, 0) is 9.47 Å². The molecule has 0 aliphatic heterocycles. The molecule has 0 bridgehead atoms. The Bertz CT molecular complexity index is 1550. The van der Waals surface area contributed by atoms with Crippen molar-refractivity contribution in [2.45, 2.75) is 12.0 Å². The van der Waals surface area contributed by atoms with Crippen LogP contribution in [0, 0.1) is 0 Å². The molecule has 4 aromatic rings. The molecule has 2 unspecified atom stereocenters. The van der Waals surface area contributed by atoms with Crippen LogP contribution >= 0.6 is 0 Å². The van der Waals surface area contributed by atoms with Crippen LogP contribution in [0.25, 0.3) is 23.0 Å². The maximum absolute atomic E-state index is 11.0. The summed E-state index contributed by atoms with van der Waals surface area (Å²) in [6, 6.07) is 16.2. The molecule has 0 amide bonds. The molecule has 0 radical (unpaired) electrons. The first-order valence-electron chi connectivity index (χ1n) is 11.7. The molecule has 1 aliphatic carbocycles. The summed E-state index contributed by atoms with van der Waals surface area (Å²) in [5.41, 5.74) is 3.33. The van der Waals surface area contributed by atoms with Gasteiger partial charge < -0.3 is 40.1 Å². The van der Waals surface area contributed by atoms with Crippen LogP contribution in [-0.4, -0.2) is 44.9 Å². The number of ether oxygens (including phenoxy) is 2. The highest BCUT2D eigenvalue weighted by Gasteiger charge is 2.34. The molecule has 5 rings (SSSR count). The summed E-state index contributed by atoms with van der Waals surface area (Å²) in [5, 5.41) is 63.1. The van der Waals surface area contributed by atoms with Crippen LogP contribution in [0.3, 0.4) is 0 Å². The third-order valence-corrected chi connectivity index (χ3v) is 6.73. The highest BCUT2D eigenvalue weighted by Crippen LogP contribution is 2.50. The van der Waals surface area contributed by atoms with Gasteiger partial charge in [-0.2, -0.15) is 0 Å². The summed E-state index contributed by atoms with van der Waals surface area (Å²) in [6.45, 7) is 0. The van der Waals surface area contributed by atoms with Gasteiger partial charge >= 0.3 is 0 Å². The molecule has 8 nitrogen and oxygen atoms in total. The molecule has 2 atom stereocenters. The number of fused-ring (bicyclic) bond motifs is 4. The topological polar surface area (TPSA) is 140 Å². The zero-order valence-corrected chi connectivity index (χ0v) is 20.6. The number of hydrogen-bond acceptors (Lipinski definition) is 8. The monoisotopic (exact) mass is 514 g/mol. The Balaban J connectivity index is 1.98. The summed E-state index contributed by atoms with van der Waals surface area (Å²) in [6.07, 6.45) is 0.859. The van der Waals surface area contributed by atoms with Gasteiger partial charge in [-0.1, -0.05) is 12.1 Å². The van der Waals surface area contributed by atoms with Crippen LogP contribution in [0.1, 0.15) is 39.8 Å². The summed E-state index contributed by atoms with van der Waals surface area (Å²) in [5.74, 6) is -1.23. The molecular formula is C30H26O8. The number of phenols is 6. The van der Waals surface area contributed by atoms with E-state index in [-0.39, 0.29) is 34.5 Å². The van der Waals surface area contributed by atoms with Gasteiger partial charge in [0, 0.05) is 36.3 Å². The third kappa shape index (κ3) is 4.31. The molecule has 0 saturated heterocycles. The number of methoxy groups -OCH3 is 2. The van der Waals surface area contributed by atoms with Crippen molar-refractivity contribution in [1.82, 2.24) is 0 Å². The van der Waals surface area contributed by atoms with E-state index < -0.39 is 12.0 Å². The first-order valence-corrected chi connectivity index (χ1v) is 11.7. The standard InChI is InChI=1S/C30H26O8/c1-37-27-9-15-3-4-17(31)11-23(15)28(16-7-19(33)10-20(34)8-16)30(38-2)24-12-18(32)5-6-22(24)29-25(27)13-21(35)14-26(29)36/h3-14,28,30-36H,1-2H3. The summed E-state index contributed by atoms with van der Waals surface area (Å²) in [4.78, 5) is 0. The lowest BCUT2D eigenvalue weighted by Gasteiger charge is -2.32. The van der Waals surface area contributed by atoms with Gasteiger partial charge in [0.2, 0.25) is 0 Å². The molecule has 0 aromatic heterocycles. The first kappa shape index (κ1) is 24.9. The zero-order valence-electron chi connectivity index (χ0n) is 20.6. The summed E-state index contributed by atoms with van der Waals surface area (Å²) < 4.78 is 11.8. The van der Waals surface area contributed by atoms with E-state index in [1.165, 1.54) is 62.8 Å². The van der Waals surface area contributed by atoms with Gasteiger partial charge in [-0.05, 0) is 76.4 Å².